The molecule has 2 nitrogen and oxygen atoms in total. The van der Waals surface area contributed by atoms with Crippen molar-refractivity contribution in [1.29, 1.82) is 0 Å². The summed E-state index contributed by atoms with van der Waals surface area (Å²) in [5.74, 6) is 0. The Bertz CT molecular complexity index is 189. The van der Waals surface area contributed by atoms with Crippen LogP contribution in [0.2, 0.25) is 0 Å². The summed E-state index contributed by atoms with van der Waals surface area (Å²) < 4.78 is 5.48. The van der Waals surface area contributed by atoms with Crippen molar-refractivity contribution in [1.82, 2.24) is 4.90 Å². The van der Waals surface area contributed by atoms with Gasteiger partial charge in [0.15, 0.2) is 0 Å². The van der Waals surface area contributed by atoms with Gasteiger partial charge in [-0.05, 0) is 57.5 Å². The van der Waals surface area contributed by atoms with Gasteiger partial charge in [0.1, 0.15) is 0 Å². The summed E-state index contributed by atoms with van der Waals surface area (Å²) in [6, 6.07) is 0.780. The van der Waals surface area contributed by atoms with E-state index in [2.05, 4.69) is 18.7 Å². The summed E-state index contributed by atoms with van der Waals surface area (Å²) in [4.78, 5) is 2.67. The van der Waals surface area contributed by atoms with Gasteiger partial charge >= 0.3 is 0 Å². The van der Waals surface area contributed by atoms with Crippen molar-refractivity contribution in [3.63, 3.8) is 0 Å². The highest BCUT2D eigenvalue weighted by Gasteiger charge is 2.36. The normalized spacial score (nSPS) is 29.2. The molecule has 1 atom stereocenters. The standard InChI is InChI=1S/C13H25NO/c1-3-12(2)14-8-4-13(5-9-14)6-10-15-11-7-13/h12H,3-11H2,1-2H3. The van der Waals surface area contributed by atoms with Crippen molar-refractivity contribution in [2.24, 2.45) is 5.41 Å². The number of piperidine rings is 1. The van der Waals surface area contributed by atoms with Crippen LogP contribution in [-0.4, -0.2) is 37.2 Å². The molecule has 1 unspecified atom stereocenters. The van der Waals surface area contributed by atoms with Crippen LogP contribution < -0.4 is 0 Å². The van der Waals surface area contributed by atoms with E-state index in [1.165, 1.54) is 45.2 Å². The molecule has 0 aromatic rings. The van der Waals surface area contributed by atoms with E-state index < -0.39 is 0 Å². The van der Waals surface area contributed by atoms with Crippen molar-refractivity contribution in [2.45, 2.75) is 52.0 Å². The highest BCUT2D eigenvalue weighted by molar-refractivity contribution is 4.88. The first kappa shape index (κ1) is 11.4. The molecular weight excluding hydrogens is 186 g/mol. The lowest BCUT2D eigenvalue weighted by Crippen LogP contribution is -2.45. The molecule has 0 aliphatic carbocycles. The molecule has 2 fully saturated rings. The summed E-state index contributed by atoms with van der Waals surface area (Å²) >= 11 is 0. The van der Waals surface area contributed by atoms with Gasteiger partial charge in [-0.15, -0.1) is 0 Å². The second-order valence-corrected chi connectivity index (χ2v) is 5.41. The third-order valence-corrected chi connectivity index (χ3v) is 4.63. The average Bonchev–Trinajstić information content (AvgIpc) is 2.30. The molecule has 0 saturated carbocycles. The minimum Gasteiger partial charge on any atom is -0.381 e. The van der Waals surface area contributed by atoms with Crippen LogP contribution in [0.15, 0.2) is 0 Å². The number of nitrogens with zero attached hydrogens (tertiary/aromatic N) is 1. The zero-order valence-corrected chi connectivity index (χ0v) is 10.3. The van der Waals surface area contributed by atoms with Gasteiger partial charge in [-0.25, -0.2) is 0 Å². The highest BCUT2D eigenvalue weighted by atomic mass is 16.5. The molecular formula is C13H25NO. The van der Waals surface area contributed by atoms with E-state index in [1.807, 2.05) is 0 Å². The van der Waals surface area contributed by atoms with E-state index in [0.29, 0.717) is 5.41 Å². The minimum absolute atomic E-state index is 0.655. The first-order valence-electron chi connectivity index (χ1n) is 6.57. The molecule has 0 radical (unpaired) electrons. The van der Waals surface area contributed by atoms with Gasteiger partial charge in [-0.1, -0.05) is 6.92 Å². The van der Waals surface area contributed by atoms with Crippen LogP contribution in [0.1, 0.15) is 46.0 Å². The fourth-order valence-corrected chi connectivity index (χ4v) is 3.00. The number of ether oxygens (including phenoxy) is 1. The molecule has 88 valence electrons. The van der Waals surface area contributed by atoms with Crippen LogP contribution in [0, 0.1) is 5.41 Å². The van der Waals surface area contributed by atoms with Crippen LogP contribution in [0.3, 0.4) is 0 Å². The number of likely N-dealkylation sites (tertiary alicyclic amines) is 1. The van der Waals surface area contributed by atoms with Gasteiger partial charge in [-0.2, -0.15) is 0 Å². The smallest absolute Gasteiger partial charge is 0.0471 e. The van der Waals surface area contributed by atoms with Gasteiger partial charge < -0.3 is 9.64 Å². The van der Waals surface area contributed by atoms with Gasteiger partial charge in [0.2, 0.25) is 0 Å². The Kier molecular flexibility index (Phi) is 3.68. The monoisotopic (exact) mass is 211 g/mol. The number of hydrogen-bond donors (Lipinski definition) is 0. The van der Waals surface area contributed by atoms with E-state index in [4.69, 9.17) is 4.74 Å². The zero-order chi connectivity index (χ0) is 10.7. The first-order chi connectivity index (χ1) is 7.26. The van der Waals surface area contributed by atoms with Crippen molar-refractivity contribution in [3.8, 4) is 0 Å². The van der Waals surface area contributed by atoms with E-state index in [0.717, 1.165) is 19.3 Å². The lowest BCUT2D eigenvalue weighted by Gasteiger charge is -2.45. The Labute approximate surface area is 94.0 Å². The first-order valence-corrected chi connectivity index (χ1v) is 6.57. The lowest BCUT2D eigenvalue weighted by molar-refractivity contribution is -0.0265. The second-order valence-electron chi connectivity index (χ2n) is 5.41. The van der Waals surface area contributed by atoms with Crippen LogP contribution in [-0.2, 0) is 4.74 Å². The number of rotatable bonds is 2. The maximum atomic E-state index is 5.48. The number of hydrogen-bond acceptors (Lipinski definition) is 2. The Morgan fingerprint density at radius 1 is 1.13 bits per heavy atom. The zero-order valence-electron chi connectivity index (χ0n) is 10.3. The van der Waals surface area contributed by atoms with Crippen LogP contribution >= 0.6 is 0 Å². The maximum absolute atomic E-state index is 5.48. The SMILES string of the molecule is CCC(C)N1CCC2(CCOCC2)CC1. The quantitative estimate of drug-likeness (QED) is 0.696. The van der Waals surface area contributed by atoms with E-state index in [9.17, 15) is 0 Å². The van der Waals surface area contributed by atoms with Crippen molar-refractivity contribution in [3.05, 3.63) is 0 Å². The molecule has 0 amide bonds. The fraction of sp³-hybridized carbons (Fsp3) is 1.00. The van der Waals surface area contributed by atoms with Crippen LogP contribution in [0.5, 0.6) is 0 Å². The molecule has 2 heterocycles. The molecule has 1 spiro atoms. The predicted molar refractivity (Wildman–Crippen MR) is 63.0 cm³/mol. The van der Waals surface area contributed by atoms with Crippen LogP contribution in [0.4, 0.5) is 0 Å². The molecule has 0 aromatic carbocycles. The molecule has 2 saturated heterocycles. The average molecular weight is 211 g/mol. The van der Waals surface area contributed by atoms with Crippen molar-refractivity contribution < 1.29 is 4.74 Å². The molecule has 0 bridgehead atoms. The summed E-state index contributed by atoms with van der Waals surface area (Å²) in [5.41, 5.74) is 0.655. The molecule has 15 heavy (non-hydrogen) atoms. The molecule has 0 N–H and O–H groups in total. The van der Waals surface area contributed by atoms with Crippen molar-refractivity contribution in [2.75, 3.05) is 26.3 Å². The van der Waals surface area contributed by atoms with E-state index in [-0.39, 0.29) is 0 Å². The van der Waals surface area contributed by atoms with Gasteiger partial charge in [0.05, 0.1) is 0 Å². The third-order valence-electron chi connectivity index (χ3n) is 4.63. The fourth-order valence-electron chi connectivity index (χ4n) is 3.00. The second kappa shape index (κ2) is 4.84. The van der Waals surface area contributed by atoms with Gasteiger partial charge in [0, 0.05) is 19.3 Å². The Hall–Kier alpha value is -0.0800. The van der Waals surface area contributed by atoms with Gasteiger partial charge in [-0.3, -0.25) is 0 Å². The third kappa shape index (κ3) is 2.54. The molecule has 2 rings (SSSR count). The summed E-state index contributed by atoms with van der Waals surface area (Å²) in [6.45, 7) is 9.29. The Morgan fingerprint density at radius 2 is 1.73 bits per heavy atom. The Balaban J connectivity index is 1.85. The molecule has 2 heteroatoms. The lowest BCUT2D eigenvalue weighted by atomic mass is 9.72. The minimum atomic E-state index is 0.655. The Morgan fingerprint density at radius 3 is 2.27 bits per heavy atom. The largest absolute Gasteiger partial charge is 0.381 e. The maximum Gasteiger partial charge on any atom is 0.0471 e. The van der Waals surface area contributed by atoms with Crippen LogP contribution in [0.25, 0.3) is 0 Å². The van der Waals surface area contributed by atoms with Gasteiger partial charge in [0.25, 0.3) is 0 Å². The van der Waals surface area contributed by atoms with Crippen molar-refractivity contribution >= 4 is 0 Å². The predicted octanol–water partition coefficient (Wildman–Crippen LogP) is 2.68. The summed E-state index contributed by atoms with van der Waals surface area (Å²) in [7, 11) is 0. The summed E-state index contributed by atoms with van der Waals surface area (Å²) in [6.07, 6.45) is 6.71. The molecule has 2 aliphatic rings. The highest BCUT2D eigenvalue weighted by Crippen LogP contribution is 2.40. The molecule has 0 aromatic heterocycles. The van der Waals surface area contributed by atoms with E-state index in [1.54, 1.807) is 0 Å². The van der Waals surface area contributed by atoms with E-state index >= 15 is 0 Å². The topological polar surface area (TPSA) is 12.5 Å². The summed E-state index contributed by atoms with van der Waals surface area (Å²) in [5, 5.41) is 0. The molecule has 2 aliphatic heterocycles.